The topological polar surface area (TPSA) is 90.2 Å². The molecule has 0 aromatic carbocycles. The maximum Gasteiger partial charge on any atom is 0.330 e. The second-order valence-electron chi connectivity index (χ2n) is 4.35. The smallest absolute Gasteiger partial charge is 0.330 e. The standard InChI is InChI=1S/C10H17N5O2/c1-13-7-9(15(16)17)10(12-13)14-5-3-2-4-8(14)6-11/h7-8H,2-6,11H2,1H3. The molecule has 7 heteroatoms. The molecule has 2 heterocycles. The van der Waals surface area contributed by atoms with E-state index < -0.39 is 0 Å². The van der Waals surface area contributed by atoms with Gasteiger partial charge in [-0.05, 0) is 19.3 Å². The van der Waals surface area contributed by atoms with Gasteiger partial charge in [-0.25, -0.2) is 0 Å². The molecule has 0 amide bonds. The Balaban J connectivity index is 2.34. The van der Waals surface area contributed by atoms with E-state index in [1.54, 1.807) is 7.05 Å². The summed E-state index contributed by atoms with van der Waals surface area (Å²) in [6.45, 7) is 1.30. The fraction of sp³-hybridized carbons (Fsp3) is 0.700. The Hall–Kier alpha value is -1.63. The summed E-state index contributed by atoms with van der Waals surface area (Å²) in [5, 5.41) is 15.2. The van der Waals surface area contributed by atoms with Gasteiger partial charge in [0.1, 0.15) is 6.20 Å². The number of aryl methyl sites for hydroxylation is 1. The Morgan fingerprint density at radius 1 is 1.65 bits per heavy atom. The van der Waals surface area contributed by atoms with E-state index in [1.165, 1.54) is 10.9 Å². The highest BCUT2D eigenvalue weighted by atomic mass is 16.6. The van der Waals surface area contributed by atoms with Crippen molar-refractivity contribution >= 4 is 11.5 Å². The predicted molar refractivity (Wildman–Crippen MR) is 63.9 cm³/mol. The van der Waals surface area contributed by atoms with Crippen molar-refractivity contribution in [3.63, 3.8) is 0 Å². The minimum atomic E-state index is -0.384. The molecule has 17 heavy (non-hydrogen) atoms. The Bertz CT molecular complexity index is 417. The molecule has 1 aromatic rings. The van der Waals surface area contributed by atoms with E-state index in [9.17, 15) is 10.1 Å². The monoisotopic (exact) mass is 239 g/mol. The summed E-state index contributed by atoms with van der Waals surface area (Å²) < 4.78 is 1.48. The molecule has 1 aliphatic rings. The van der Waals surface area contributed by atoms with E-state index in [0.717, 1.165) is 25.8 Å². The summed E-state index contributed by atoms with van der Waals surface area (Å²) in [6.07, 6.45) is 4.57. The van der Waals surface area contributed by atoms with Gasteiger partial charge in [0.05, 0.1) is 4.92 Å². The van der Waals surface area contributed by atoms with Crippen LogP contribution in [0, 0.1) is 10.1 Å². The first-order valence-corrected chi connectivity index (χ1v) is 5.78. The lowest BCUT2D eigenvalue weighted by atomic mass is 10.0. The molecule has 1 aromatic heterocycles. The maximum absolute atomic E-state index is 11.0. The molecule has 0 saturated carbocycles. The van der Waals surface area contributed by atoms with Crippen molar-refractivity contribution in [1.29, 1.82) is 0 Å². The van der Waals surface area contributed by atoms with Gasteiger partial charge in [-0.15, -0.1) is 5.10 Å². The van der Waals surface area contributed by atoms with Gasteiger partial charge in [-0.2, -0.15) is 0 Å². The minimum Gasteiger partial charge on any atom is -0.345 e. The average Bonchev–Trinajstić information content (AvgIpc) is 2.71. The molecular formula is C10H17N5O2. The number of hydrogen-bond acceptors (Lipinski definition) is 5. The highest BCUT2D eigenvalue weighted by Crippen LogP contribution is 2.30. The second kappa shape index (κ2) is 4.70. The van der Waals surface area contributed by atoms with Gasteiger partial charge in [-0.3, -0.25) is 14.8 Å². The molecule has 7 nitrogen and oxygen atoms in total. The van der Waals surface area contributed by atoms with Crippen molar-refractivity contribution in [2.24, 2.45) is 12.8 Å². The Morgan fingerprint density at radius 3 is 3.06 bits per heavy atom. The van der Waals surface area contributed by atoms with E-state index in [1.807, 2.05) is 4.90 Å². The molecule has 94 valence electrons. The molecule has 2 N–H and O–H groups in total. The number of nitrogens with two attached hydrogens (primary N) is 1. The summed E-state index contributed by atoms with van der Waals surface area (Å²) in [7, 11) is 1.69. The van der Waals surface area contributed by atoms with Gasteiger partial charge in [0.15, 0.2) is 0 Å². The molecule has 2 rings (SSSR count). The van der Waals surface area contributed by atoms with Crippen LogP contribution in [0.2, 0.25) is 0 Å². The summed E-state index contributed by atoms with van der Waals surface area (Å²) >= 11 is 0. The largest absolute Gasteiger partial charge is 0.345 e. The molecule has 0 bridgehead atoms. The van der Waals surface area contributed by atoms with Crippen LogP contribution in [0.25, 0.3) is 0 Å². The lowest BCUT2D eigenvalue weighted by Crippen LogP contribution is -2.44. The summed E-state index contributed by atoms with van der Waals surface area (Å²) in [6, 6.07) is 0.164. The lowest BCUT2D eigenvalue weighted by molar-refractivity contribution is -0.384. The zero-order chi connectivity index (χ0) is 12.4. The fourth-order valence-electron chi connectivity index (χ4n) is 2.32. The molecule has 0 aliphatic carbocycles. The average molecular weight is 239 g/mol. The number of aromatic nitrogens is 2. The van der Waals surface area contributed by atoms with E-state index in [0.29, 0.717) is 12.4 Å². The van der Waals surface area contributed by atoms with Crippen molar-refractivity contribution < 1.29 is 4.92 Å². The zero-order valence-electron chi connectivity index (χ0n) is 9.87. The first-order valence-electron chi connectivity index (χ1n) is 5.78. The van der Waals surface area contributed by atoms with Crippen LogP contribution in [-0.2, 0) is 7.05 Å². The third kappa shape index (κ3) is 2.23. The number of rotatable bonds is 3. The SMILES string of the molecule is Cn1cc([N+](=O)[O-])c(N2CCCCC2CN)n1. The van der Waals surface area contributed by atoms with Gasteiger partial charge >= 0.3 is 5.69 Å². The van der Waals surface area contributed by atoms with Gasteiger partial charge in [-0.1, -0.05) is 0 Å². The molecule has 1 aliphatic heterocycles. The van der Waals surface area contributed by atoms with Crippen molar-refractivity contribution in [3.05, 3.63) is 16.3 Å². The number of hydrogen-bond donors (Lipinski definition) is 1. The van der Waals surface area contributed by atoms with Crippen LogP contribution in [0.15, 0.2) is 6.20 Å². The number of piperidine rings is 1. The quantitative estimate of drug-likeness (QED) is 0.617. The van der Waals surface area contributed by atoms with Gasteiger partial charge in [0.2, 0.25) is 5.82 Å². The zero-order valence-corrected chi connectivity index (χ0v) is 9.87. The molecule has 0 radical (unpaired) electrons. The van der Waals surface area contributed by atoms with Crippen LogP contribution in [0.4, 0.5) is 11.5 Å². The highest BCUT2D eigenvalue weighted by Gasteiger charge is 2.30. The van der Waals surface area contributed by atoms with Crippen LogP contribution < -0.4 is 10.6 Å². The summed E-state index contributed by atoms with van der Waals surface area (Å²) in [5.74, 6) is 0.452. The molecule has 1 fully saturated rings. The summed E-state index contributed by atoms with van der Waals surface area (Å²) in [4.78, 5) is 12.6. The van der Waals surface area contributed by atoms with E-state index in [2.05, 4.69) is 5.10 Å². The number of nitrogens with zero attached hydrogens (tertiary/aromatic N) is 4. The molecule has 1 atom stereocenters. The predicted octanol–water partition coefficient (Wildman–Crippen LogP) is 0.646. The number of nitro groups is 1. The van der Waals surface area contributed by atoms with Crippen LogP contribution in [0.1, 0.15) is 19.3 Å². The normalized spacial score (nSPS) is 20.6. The molecule has 1 saturated heterocycles. The van der Waals surface area contributed by atoms with Crippen molar-refractivity contribution in [3.8, 4) is 0 Å². The van der Waals surface area contributed by atoms with Crippen molar-refractivity contribution in [1.82, 2.24) is 9.78 Å². The van der Waals surface area contributed by atoms with Crippen LogP contribution in [0.5, 0.6) is 0 Å². The third-order valence-electron chi connectivity index (χ3n) is 3.16. The van der Waals surface area contributed by atoms with Crippen LogP contribution in [0.3, 0.4) is 0 Å². The molecule has 0 spiro atoms. The first-order chi connectivity index (χ1) is 8.13. The van der Waals surface area contributed by atoms with Gasteiger partial charge in [0, 0.05) is 26.2 Å². The Morgan fingerprint density at radius 2 is 2.41 bits per heavy atom. The van der Waals surface area contributed by atoms with E-state index >= 15 is 0 Å². The molecule has 1 unspecified atom stereocenters. The van der Waals surface area contributed by atoms with Crippen molar-refractivity contribution in [2.45, 2.75) is 25.3 Å². The molecular weight excluding hydrogens is 222 g/mol. The van der Waals surface area contributed by atoms with Gasteiger partial charge in [0.25, 0.3) is 0 Å². The minimum absolute atomic E-state index is 0.0628. The van der Waals surface area contributed by atoms with Gasteiger partial charge < -0.3 is 10.6 Å². The fourth-order valence-corrected chi connectivity index (χ4v) is 2.32. The Kier molecular flexibility index (Phi) is 3.28. The third-order valence-corrected chi connectivity index (χ3v) is 3.16. The number of anilines is 1. The van der Waals surface area contributed by atoms with Crippen LogP contribution in [-0.4, -0.2) is 33.8 Å². The van der Waals surface area contributed by atoms with E-state index in [-0.39, 0.29) is 16.7 Å². The highest BCUT2D eigenvalue weighted by molar-refractivity contribution is 5.57. The lowest BCUT2D eigenvalue weighted by Gasteiger charge is -2.34. The van der Waals surface area contributed by atoms with Crippen LogP contribution >= 0.6 is 0 Å². The van der Waals surface area contributed by atoms with E-state index in [4.69, 9.17) is 5.73 Å². The van der Waals surface area contributed by atoms with Crippen molar-refractivity contribution in [2.75, 3.05) is 18.0 Å². The first kappa shape index (κ1) is 11.8. The second-order valence-corrected chi connectivity index (χ2v) is 4.35. The summed E-state index contributed by atoms with van der Waals surface area (Å²) in [5.41, 5.74) is 5.78. The Labute approximate surface area is 99.3 Å². The maximum atomic E-state index is 11.0.